The van der Waals surface area contributed by atoms with Gasteiger partial charge in [0.15, 0.2) is 5.96 Å². The first-order valence-corrected chi connectivity index (χ1v) is 7.89. The van der Waals surface area contributed by atoms with Crippen LogP contribution in [0.1, 0.15) is 13.3 Å². The fourth-order valence-corrected chi connectivity index (χ4v) is 2.53. The lowest BCUT2D eigenvalue weighted by Crippen LogP contribution is -2.52. The summed E-state index contributed by atoms with van der Waals surface area (Å²) in [6.07, 6.45) is -5.04. The molecule has 0 aliphatic carbocycles. The Hall–Kier alpha value is -1.19. The van der Waals surface area contributed by atoms with Gasteiger partial charge in [0.25, 0.3) is 0 Å². The Kier molecular flexibility index (Phi) is 8.65. The maximum atomic E-state index is 12.3. The third kappa shape index (κ3) is 6.74. The fraction of sp³-hybridized carbons (Fsp3) is 0.562. The van der Waals surface area contributed by atoms with Gasteiger partial charge >= 0.3 is 6.18 Å². The van der Waals surface area contributed by atoms with Gasteiger partial charge in [-0.25, -0.2) is 0 Å². The monoisotopic (exact) mass is 456 g/mol. The molecule has 8 heteroatoms. The van der Waals surface area contributed by atoms with Gasteiger partial charge in [0, 0.05) is 38.4 Å². The summed E-state index contributed by atoms with van der Waals surface area (Å²) in [6.45, 7) is 5.47. The number of halogens is 4. The molecule has 1 N–H and O–H groups in total. The maximum absolute atomic E-state index is 12.3. The first-order chi connectivity index (χ1) is 11.0. The van der Waals surface area contributed by atoms with E-state index in [0.29, 0.717) is 12.5 Å². The van der Waals surface area contributed by atoms with Crippen molar-refractivity contribution in [2.45, 2.75) is 19.5 Å². The number of alkyl halides is 3. The molecule has 0 aromatic heterocycles. The Labute approximate surface area is 158 Å². The van der Waals surface area contributed by atoms with Crippen molar-refractivity contribution in [2.24, 2.45) is 4.99 Å². The van der Waals surface area contributed by atoms with Crippen molar-refractivity contribution >= 4 is 35.6 Å². The molecular formula is C16H24F3IN4. The Morgan fingerprint density at radius 3 is 2.29 bits per heavy atom. The molecule has 0 unspecified atom stereocenters. The number of guanidine groups is 1. The number of hydrogen-bond donors (Lipinski definition) is 1. The summed E-state index contributed by atoms with van der Waals surface area (Å²) in [4.78, 5) is 8.41. The van der Waals surface area contributed by atoms with Crippen molar-refractivity contribution in [3.8, 4) is 0 Å². The molecule has 0 amide bonds. The lowest BCUT2D eigenvalue weighted by Gasteiger charge is -2.37. The van der Waals surface area contributed by atoms with E-state index in [1.54, 1.807) is 0 Å². The van der Waals surface area contributed by atoms with Gasteiger partial charge < -0.3 is 15.1 Å². The number of para-hydroxylation sites is 1. The predicted octanol–water partition coefficient (Wildman–Crippen LogP) is 3.34. The minimum absolute atomic E-state index is 0. The molecule has 0 radical (unpaired) electrons. The van der Waals surface area contributed by atoms with E-state index in [0.717, 1.165) is 26.2 Å². The number of hydrogen-bond acceptors (Lipinski definition) is 2. The zero-order valence-corrected chi connectivity index (χ0v) is 16.1. The van der Waals surface area contributed by atoms with Gasteiger partial charge in [0.1, 0.15) is 0 Å². The van der Waals surface area contributed by atoms with E-state index < -0.39 is 12.6 Å². The van der Waals surface area contributed by atoms with Gasteiger partial charge in [-0.1, -0.05) is 18.2 Å². The Morgan fingerprint density at radius 1 is 1.12 bits per heavy atom. The smallest absolute Gasteiger partial charge is 0.368 e. The van der Waals surface area contributed by atoms with Crippen LogP contribution < -0.4 is 10.2 Å². The average Bonchev–Trinajstić information content (AvgIpc) is 2.54. The summed E-state index contributed by atoms with van der Waals surface area (Å²) >= 11 is 0. The Balaban J connectivity index is 0.00000288. The highest BCUT2D eigenvalue weighted by molar-refractivity contribution is 14.0. The number of benzene rings is 1. The second kappa shape index (κ2) is 9.95. The summed E-state index contributed by atoms with van der Waals surface area (Å²) < 4.78 is 36.8. The van der Waals surface area contributed by atoms with Crippen LogP contribution in [0.4, 0.5) is 18.9 Å². The van der Waals surface area contributed by atoms with Crippen molar-refractivity contribution in [1.82, 2.24) is 10.2 Å². The third-order valence-electron chi connectivity index (χ3n) is 3.69. The number of aliphatic imine (C=N–C) groups is 1. The molecule has 1 aromatic carbocycles. The molecule has 1 aliphatic rings. The van der Waals surface area contributed by atoms with Crippen molar-refractivity contribution in [1.29, 1.82) is 0 Å². The van der Waals surface area contributed by atoms with Crippen molar-refractivity contribution in [3.63, 3.8) is 0 Å². The topological polar surface area (TPSA) is 30.9 Å². The molecule has 0 atom stereocenters. The molecule has 4 nitrogen and oxygen atoms in total. The Bertz CT molecular complexity index is 500. The summed E-state index contributed by atoms with van der Waals surface area (Å²) in [5, 5.41) is 3.08. The molecule has 136 valence electrons. The van der Waals surface area contributed by atoms with Crippen LogP contribution >= 0.6 is 24.0 Å². The van der Waals surface area contributed by atoms with Crippen LogP contribution in [0.15, 0.2) is 35.3 Å². The molecule has 24 heavy (non-hydrogen) atoms. The minimum Gasteiger partial charge on any atom is -0.368 e. The maximum Gasteiger partial charge on any atom is 0.390 e. The second-order valence-electron chi connectivity index (χ2n) is 5.41. The van der Waals surface area contributed by atoms with Crippen LogP contribution in [0.25, 0.3) is 0 Å². The van der Waals surface area contributed by atoms with E-state index in [2.05, 4.69) is 27.3 Å². The fourth-order valence-electron chi connectivity index (χ4n) is 2.53. The van der Waals surface area contributed by atoms with Gasteiger partial charge in [-0.15, -0.1) is 24.0 Å². The number of rotatable bonds is 4. The van der Waals surface area contributed by atoms with E-state index in [4.69, 9.17) is 0 Å². The van der Waals surface area contributed by atoms with Gasteiger partial charge in [0.2, 0.25) is 0 Å². The largest absolute Gasteiger partial charge is 0.390 e. The molecule has 1 aromatic rings. The first kappa shape index (κ1) is 20.9. The zero-order chi connectivity index (χ0) is 16.7. The molecule has 1 heterocycles. The van der Waals surface area contributed by atoms with Gasteiger partial charge in [0.05, 0.1) is 13.0 Å². The quantitative estimate of drug-likeness (QED) is 0.429. The molecule has 1 saturated heterocycles. The van der Waals surface area contributed by atoms with E-state index >= 15 is 0 Å². The van der Waals surface area contributed by atoms with Crippen LogP contribution in [0, 0.1) is 0 Å². The van der Waals surface area contributed by atoms with Crippen LogP contribution in [0.3, 0.4) is 0 Å². The average molecular weight is 456 g/mol. The van der Waals surface area contributed by atoms with E-state index in [9.17, 15) is 13.2 Å². The number of piperazine rings is 1. The lowest BCUT2D eigenvalue weighted by atomic mass is 10.2. The van der Waals surface area contributed by atoms with Crippen molar-refractivity contribution in [3.05, 3.63) is 30.3 Å². The van der Waals surface area contributed by atoms with Gasteiger partial charge in [-0.2, -0.15) is 13.2 Å². The highest BCUT2D eigenvalue weighted by Crippen LogP contribution is 2.19. The molecule has 2 rings (SSSR count). The van der Waals surface area contributed by atoms with Crippen molar-refractivity contribution in [2.75, 3.05) is 44.2 Å². The van der Waals surface area contributed by atoms with Crippen LogP contribution in [0.5, 0.6) is 0 Å². The SMILES string of the molecule is CCNC(=NCCC(F)(F)F)N1CCN(c2ccccc2)CC1.I. The van der Waals surface area contributed by atoms with Crippen LogP contribution in [0.2, 0.25) is 0 Å². The molecule has 0 saturated carbocycles. The number of anilines is 1. The highest BCUT2D eigenvalue weighted by atomic mass is 127. The normalized spacial score (nSPS) is 15.9. The lowest BCUT2D eigenvalue weighted by molar-refractivity contribution is -0.132. The standard InChI is InChI=1S/C16H23F3N4.HI/c1-2-20-15(21-9-8-16(17,18)19)23-12-10-22(11-13-23)14-6-4-3-5-7-14;/h3-7H,2,8-13H2,1H3,(H,20,21);1H. The van der Waals surface area contributed by atoms with Gasteiger partial charge in [-0.05, 0) is 19.1 Å². The zero-order valence-electron chi connectivity index (χ0n) is 13.7. The van der Waals surface area contributed by atoms with Crippen LogP contribution in [-0.4, -0.2) is 56.3 Å². The molecular weight excluding hydrogens is 432 g/mol. The second-order valence-corrected chi connectivity index (χ2v) is 5.41. The van der Waals surface area contributed by atoms with E-state index in [1.807, 2.05) is 30.0 Å². The van der Waals surface area contributed by atoms with E-state index in [1.165, 1.54) is 5.69 Å². The molecule has 1 fully saturated rings. The van der Waals surface area contributed by atoms with E-state index in [-0.39, 0.29) is 30.5 Å². The van der Waals surface area contributed by atoms with Crippen molar-refractivity contribution < 1.29 is 13.2 Å². The number of nitrogens with one attached hydrogen (secondary N) is 1. The van der Waals surface area contributed by atoms with Crippen LogP contribution in [-0.2, 0) is 0 Å². The predicted molar refractivity (Wildman–Crippen MR) is 102 cm³/mol. The molecule has 1 aliphatic heterocycles. The Morgan fingerprint density at radius 2 is 1.75 bits per heavy atom. The number of nitrogens with zero attached hydrogens (tertiary/aromatic N) is 3. The summed E-state index contributed by atoms with van der Waals surface area (Å²) in [6, 6.07) is 10.1. The summed E-state index contributed by atoms with van der Waals surface area (Å²) in [7, 11) is 0. The summed E-state index contributed by atoms with van der Waals surface area (Å²) in [5.41, 5.74) is 1.17. The third-order valence-corrected chi connectivity index (χ3v) is 3.69. The highest BCUT2D eigenvalue weighted by Gasteiger charge is 2.26. The molecule has 0 bridgehead atoms. The summed E-state index contributed by atoms with van der Waals surface area (Å²) in [5.74, 6) is 0.574. The minimum atomic E-state index is -4.16. The van der Waals surface area contributed by atoms with Gasteiger partial charge in [-0.3, -0.25) is 4.99 Å². The molecule has 0 spiro atoms. The first-order valence-electron chi connectivity index (χ1n) is 7.89.